The van der Waals surface area contributed by atoms with Gasteiger partial charge in [-0.3, -0.25) is 4.79 Å². The van der Waals surface area contributed by atoms with Crippen LogP contribution in [-0.2, 0) is 4.79 Å². The predicted molar refractivity (Wildman–Crippen MR) is 123 cm³/mol. The Balaban J connectivity index is 4.54. The average molecular weight is 401 g/mol. The van der Waals surface area contributed by atoms with Crippen molar-refractivity contribution in [3.63, 3.8) is 0 Å². The summed E-state index contributed by atoms with van der Waals surface area (Å²) >= 11 is 5.90. The van der Waals surface area contributed by atoms with Gasteiger partial charge in [-0.1, -0.05) is 98.3 Å². The van der Waals surface area contributed by atoms with Gasteiger partial charge in [0.2, 0.25) is 0 Å². The molecule has 0 radical (unpaired) electrons. The van der Waals surface area contributed by atoms with Gasteiger partial charge in [0.25, 0.3) is 0 Å². The molecule has 0 fully saturated rings. The molecule has 0 aliphatic carbocycles. The zero-order valence-electron chi connectivity index (χ0n) is 19.3. The first-order valence-electron chi connectivity index (χ1n) is 12.0. The van der Waals surface area contributed by atoms with Crippen molar-refractivity contribution < 1.29 is 4.79 Å². The van der Waals surface area contributed by atoms with Crippen LogP contribution in [0.25, 0.3) is 0 Å². The third-order valence-corrected chi connectivity index (χ3v) is 6.98. The van der Waals surface area contributed by atoms with Crippen molar-refractivity contribution >= 4 is 17.4 Å². The van der Waals surface area contributed by atoms with E-state index in [1.54, 1.807) is 0 Å². The highest BCUT2D eigenvalue weighted by Crippen LogP contribution is 2.40. The normalized spacial score (nSPS) is 15.1. The van der Waals surface area contributed by atoms with E-state index < -0.39 is 0 Å². The van der Waals surface area contributed by atoms with Crippen molar-refractivity contribution in [2.45, 2.75) is 131 Å². The summed E-state index contributed by atoms with van der Waals surface area (Å²) in [5.41, 5.74) is -0.0906. The number of halogens is 1. The SMILES string of the molecule is CCCCCCCCCC(CCCC(CCC)CCCCl)(C(C)=O)C(C)C. The molecule has 0 aromatic rings. The molecule has 0 aromatic carbocycles. The van der Waals surface area contributed by atoms with Gasteiger partial charge in [-0.25, -0.2) is 0 Å². The molecule has 0 aliphatic rings. The minimum atomic E-state index is -0.0906. The molecular weight excluding hydrogens is 352 g/mol. The number of hydrogen-bond donors (Lipinski definition) is 0. The average Bonchev–Trinajstić information content (AvgIpc) is 2.63. The van der Waals surface area contributed by atoms with Gasteiger partial charge in [0.15, 0.2) is 0 Å². The molecule has 0 saturated heterocycles. The molecule has 0 aliphatic heterocycles. The molecule has 27 heavy (non-hydrogen) atoms. The van der Waals surface area contributed by atoms with E-state index in [2.05, 4.69) is 27.7 Å². The van der Waals surface area contributed by atoms with Crippen LogP contribution in [0, 0.1) is 17.3 Å². The lowest BCUT2D eigenvalue weighted by atomic mass is 9.67. The van der Waals surface area contributed by atoms with Crippen LogP contribution in [0.1, 0.15) is 131 Å². The van der Waals surface area contributed by atoms with Crippen molar-refractivity contribution in [1.29, 1.82) is 0 Å². The van der Waals surface area contributed by atoms with Gasteiger partial charge in [-0.2, -0.15) is 0 Å². The highest BCUT2D eigenvalue weighted by Gasteiger charge is 2.37. The standard InChI is InChI=1S/C25H49ClO/c1-6-8-9-10-11-12-13-19-25(22(3)4,23(5)27)20-14-17-24(16-7-2)18-15-21-26/h22,24H,6-21H2,1-5H3. The molecule has 0 N–H and O–H groups in total. The van der Waals surface area contributed by atoms with E-state index in [1.165, 1.54) is 77.0 Å². The second-order valence-electron chi connectivity index (χ2n) is 9.12. The van der Waals surface area contributed by atoms with Crippen molar-refractivity contribution in [3.8, 4) is 0 Å². The number of alkyl halides is 1. The summed E-state index contributed by atoms with van der Waals surface area (Å²) in [6.45, 7) is 10.9. The summed E-state index contributed by atoms with van der Waals surface area (Å²) < 4.78 is 0. The zero-order chi connectivity index (χ0) is 20.5. The van der Waals surface area contributed by atoms with Crippen LogP contribution in [0.15, 0.2) is 0 Å². The first-order valence-corrected chi connectivity index (χ1v) is 12.5. The van der Waals surface area contributed by atoms with Crippen LogP contribution in [0.4, 0.5) is 0 Å². The number of unbranched alkanes of at least 4 members (excludes halogenated alkanes) is 6. The van der Waals surface area contributed by atoms with E-state index in [9.17, 15) is 4.79 Å². The molecule has 0 bridgehead atoms. The van der Waals surface area contributed by atoms with Crippen LogP contribution < -0.4 is 0 Å². The van der Waals surface area contributed by atoms with Crippen molar-refractivity contribution in [2.75, 3.05) is 5.88 Å². The molecule has 0 spiro atoms. The molecule has 0 heterocycles. The molecular formula is C25H49ClO. The third kappa shape index (κ3) is 11.5. The molecule has 0 amide bonds. The van der Waals surface area contributed by atoms with E-state index in [1.807, 2.05) is 6.92 Å². The van der Waals surface area contributed by atoms with Crippen molar-refractivity contribution in [1.82, 2.24) is 0 Å². The summed E-state index contributed by atoms with van der Waals surface area (Å²) in [6, 6.07) is 0. The Kier molecular flexibility index (Phi) is 16.8. The van der Waals surface area contributed by atoms with Crippen LogP contribution in [0.3, 0.4) is 0 Å². The minimum absolute atomic E-state index is 0.0906. The maximum Gasteiger partial charge on any atom is 0.136 e. The topological polar surface area (TPSA) is 17.1 Å². The molecule has 1 nitrogen and oxygen atoms in total. The summed E-state index contributed by atoms with van der Waals surface area (Å²) in [7, 11) is 0. The molecule has 0 saturated carbocycles. The molecule has 2 heteroatoms. The molecule has 0 aromatic heterocycles. The van der Waals surface area contributed by atoms with Gasteiger partial charge in [0.05, 0.1) is 0 Å². The second-order valence-corrected chi connectivity index (χ2v) is 9.49. The largest absolute Gasteiger partial charge is 0.299 e. The van der Waals surface area contributed by atoms with Gasteiger partial charge in [0, 0.05) is 11.3 Å². The Labute approximate surface area is 176 Å². The smallest absolute Gasteiger partial charge is 0.136 e. The number of ketones is 1. The van der Waals surface area contributed by atoms with Crippen molar-refractivity contribution in [3.05, 3.63) is 0 Å². The lowest BCUT2D eigenvalue weighted by molar-refractivity contribution is -0.130. The van der Waals surface area contributed by atoms with Crippen LogP contribution in [0.5, 0.6) is 0 Å². The molecule has 2 atom stereocenters. The number of rotatable bonds is 19. The van der Waals surface area contributed by atoms with Crippen LogP contribution >= 0.6 is 11.6 Å². The minimum Gasteiger partial charge on any atom is -0.299 e. The van der Waals surface area contributed by atoms with Gasteiger partial charge >= 0.3 is 0 Å². The van der Waals surface area contributed by atoms with Gasteiger partial charge in [-0.05, 0) is 44.4 Å². The van der Waals surface area contributed by atoms with E-state index >= 15 is 0 Å². The fourth-order valence-electron chi connectivity index (χ4n) is 4.77. The van der Waals surface area contributed by atoms with Gasteiger partial charge in [-0.15, -0.1) is 11.6 Å². The first-order chi connectivity index (χ1) is 12.9. The maximum absolute atomic E-state index is 12.7. The fraction of sp³-hybridized carbons (Fsp3) is 0.960. The highest BCUT2D eigenvalue weighted by atomic mass is 35.5. The highest BCUT2D eigenvalue weighted by molar-refractivity contribution is 6.17. The van der Waals surface area contributed by atoms with Crippen LogP contribution in [-0.4, -0.2) is 11.7 Å². The van der Waals surface area contributed by atoms with E-state index in [0.29, 0.717) is 11.7 Å². The molecule has 2 unspecified atom stereocenters. The van der Waals surface area contributed by atoms with Gasteiger partial charge < -0.3 is 0 Å². The Morgan fingerprint density at radius 2 is 1.33 bits per heavy atom. The van der Waals surface area contributed by atoms with Crippen LogP contribution in [0.2, 0.25) is 0 Å². The zero-order valence-corrected chi connectivity index (χ0v) is 20.0. The predicted octanol–water partition coefficient (Wildman–Crippen LogP) is 8.96. The first kappa shape index (κ1) is 27.0. The van der Waals surface area contributed by atoms with Crippen molar-refractivity contribution in [2.24, 2.45) is 17.3 Å². The number of carbonyl (C=O) groups excluding carboxylic acids is 1. The number of hydrogen-bond acceptors (Lipinski definition) is 1. The Bertz CT molecular complexity index is 352. The number of carbonyl (C=O) groups is 1. The fourth-order valence-corrected chi connectivity index (χ4v) is 4.93. The summed E-state index contributed by atoms with van der Waals surface area (Å²) in [6.07, 6.45) is 18.8. The third-order valence-electron chi connectivity index (χ3n) is 6.71. The van der Waals surface area contributed by atoms with E-state index in [-0.39, 0.29) is 5.41 Å². The maximum atomic E-state index is 12.7. The summed E-state index contributed by atoms with van der Waals surface area (Å²) in [5.74, 6) is 2.45. The van der Waals surface area contributed by atoms with E-state index in [0.717, 1.165) is 31.1 Å². The Hall–Kier alpha value is -0.0400. The lowest BCUT2D eigenvalue weighted by Gasteiger charge is -2.36. The lowest BCUT2D eigenvalue weighted by Crippen LogP contribution is -2.35. The quantitative estimate of drug-likeness (QED) is 0.156. The summed E-state index contributed by atoms with van der Waals surface area (Å²) in [5, 5.41) is 0. The summed E-state index contributed by atoms with van der Waals surface area (Å²) in [4.78, 5) is 12.7. The molecule has 0 rings (SSSR count). The Morgan fingerprint density at radius 3 is 1.85 bits per heavy atom. The van der Waals surface area contributed by atoms with E-state index in [4.69, 9.17) is 11.6 Å². The molecule has 162 valence electrons. The monoisotopic (exact) mass is 400 g/mol. The van der Waals surface area contributed by atoms with Gasteiger partial charge in [0.1, 0.15) is 5.78 Å². The number of Topliss-reactive ketones (excluding diaryl/α,β-unsaturated/α-hetero) is 1. The Morgan fingerprint density at radius 1 is 0.778 bits per heavy atom. The second kappa shape index (κ2) is 16.9.